The quantitative estimate of drug-likeness (QED) is 0.657. The van der Waals surface area contributed by atoms with Crippen LogP contribution in [0.5, 0.6) is 5.75 Å². The number of fused-ring (bicyclic) bond motifs is 1. The van der Waals surface area contributed by atoms with E-state index in [1.807, 2.05) is 0 Å². The van der Waals surface area contributed by atoms with Crippen LogP contribution in [0.4, 0.5) is 0 Å². The minimum atomic E-state index is -4.49. The van der Waals surface area contributed by atoms with Gasteiger partial charge in [-0.25, -0.2) is 0 Å². The van der Waals surface area contributed by atoms with E-state index < -0.39 is 30.4 Å². The molecule has 0 aromatic heterocycles. The first-order valence-corrected chi connectivity index (χ1v) is 8.60. The Morgan fingerprint density at radius 2 is 1.86 bits per heavy atom. The second-order valence-corrected chi connectivity index (χ2v) is 7.57. The molecule has 2 rings (SSSR count). The van der Waals surface area contributed by atoms with E-state index in [-0.39, 0.29) is 23.4 Å². The average Bonchev–Trinajstić information content (AvgIpc) is 2.34. The molecule has 8 nitrogen and oxygen atoms in total. The molecule has 10 heteroatoms. The van der Waals surface area contributed by atoms with Crippen molar-refractivity contribution in [3.8, 4) is 5.75 Å². The summed E-state index contributed by atoms with van der Waals surface area (Å²) in [6.45, 7) is 0. The summed E-state index contributed by atoms with van der Waals surface area (Å²) >= 11 is 0. The Morgan fingerprint density at radius 1 is 1.24 bits per heavy atom. The molecule has 0 bridgehead atoms. The van der Waals surface area contributed by atoms with Crippen molar-refractivity contribution < 1.29 is 30.7 Å². The maximum absolute atomic E-state index is 11.2. The Hall–Kier alpha value is -1.62. The summed E-state index contributed by atoms with van der Waals surface area (Å²) in [5, 5.41) is -1.29. The van der Waals surface area contributed by atoms with Crippen LogP contribution in [0.25, 0.3) is 5.70 Å². The third-order valence-corrected chi connectivity index (χ3v) is 5.03. The van der Waals surface area contributed by atoms with Crippen molar-refractivity contribution in [3.05, 3.63) is 29.3 Å². The molecule has 21 heavy (non-hydrogen) atoms. The van der Waals surface area contributed by atoms with Crippen molar-refractivity contribution in [2.24, 2.45) is 5.73 Å². The zero-order chi connectivity index (χ0) is 16.0. The molecule has 1 aliphatic carbocycles. The third kappa shape index (κ3) is 3.02. The van der Waals surface area contributed by atoms with Gasteiger partial charge in [0.05, 0.1) is 12.0 Å². The lowest BCUT2D eigenvalue weighted by molar-refractivity contribution is 0.410. The summed E-state index contributed by atoms with van der Waals surface area (Å²) in [7, 11) is -7.59. The number of nitrogens with two attached hydrogens (primary N) is 1. The number of rotatable bonds is 3. The summed E-state index contributed by atoms with van der Waals surface area (Å²) in [6, 6.07) is 2.19. The molecule has 0 saturated carbocycles. The van der Waals surface area contributed by atoms with Gasteiger partial charge in [-0.05, 0) is 24.1 Å². The predicted octanol–water partition coefficient (Wildman–Crippen LogP) is 0.0540. The average molecular weight is 335 g/mol. The molecule has 0 radical (unpaired) electrons. The number of methoxy groups -OCH3 is 1. The smallest absolute Gasteiger partial charge is 0.294 e. The first kappa shape index (κ1) is 15.8. The Labute approximate surface area is 121 Å². The van der Waals surface area contributed by atoms with Gasteiger partial charge in [0, 0.05) is 17.3 Å². The minimum Gasteiger partial charge on any atom is -0.496 e. The van der Waals surface area contributed by atoms with Crippen LogP contribution in [-0.2, 0) is 26.7 Å². The van der Waals surface area contributed by atoms with Crippen LogP contribution in [0.1, 0.15) is 11.1 Å². The molecule has 0 fully saturated rings. The first-order valence-electron chi connectivity index (χ1n) is 5.66. The van der Waals surface area contributed by atoms with Crippen molar-refractivity contribution in [3.63, 3.8) is 0 Å². The van der Waals surface area contributed by atoms with Crippen molar-refractivity contribution in [1.29, 1.82) is 0 Å². The van der Waals surface area contributed by atoms with Crippen LogP contribution in [0, 0.1) is 0 Å². The van der Waals surface area contributed by atoms with Crippen LogP contribution >= 0.6 is 0 Å². The van der Waals surface area contributed by atoms with Crippen LogP contribution in [0.15, 0.2) is 23.1 Å². The van der Waals surface area contributed by atoms with Gasteiger partial charge < -0.3 is 10.5 Å². The molecule has 0 amide bonds. The minimum absolute atomic E-state index is 0.0395. The maximum atomic E-state index is 11.2. The van der Waals surface area contributed by atoms with E-state index in [4.69, 9.17) is 19.6 Å². The summed E-state index contributed by atoms with van der Waals surface area (Å²) in [4.78, 5) is -0.443. The van der Waals surface area contributed by atoms with Gasteiger partial charge in [-0.3, -0.25) is 9.11 Å². The summed E-state index contributed by atoms with van der Waals surface area (Å²) in [5.41, 5.74) is 6.38. The first-order chi connectivity index (χ1) is 9.54. The lowest BCUT2D eigenvalue weighted by atomic mass is 9.94. The molecular weight excluding hydrogens is 322 g/mol. The molecule has 1 unspecified atom stereocenters. The number of ether oxygens (including phenoxy) is 1. The Bertz CT molecular complexity index is 824. The lowest BCUT2D eigenvalue weighted by Crippen LogP contribution is -2.26. The summed E-state index contributed by atoms with van der Waals surface area (Å²) < 4.78 is 68.2. The highest BCUT2D eigenvalue weighted by atomic mass is 32.2. The highest BCUT2D eigenvalue weighted by Gasteiger charge is 2.30. The number of benzene rings is 1. The summed E-state index contributed by atoms with van der Waals surface area (Å²) in [5.74, 6) is 0.0858. The van der Waals surface area contributed by atoms with Crippen molar-refractivity contribution >= 4 is 25.9 Å². The number of hydrogen-bond donors (Lipinski definition) is 3. The van der Waals surface area contributed by atoms with Crippen LogP contribution in [0.3, 0.4) is 0 Å². The topological polar surface area (TPSA) is 144 Å². The van der Waals surface area contributed by atoms with E-state index in [2.05, 4.69) is 0 Å². The van der Waals surface area contributed by atoms with E-state index in [0.29, 0.717) is 5.56 Å². The fourth-order valence-corrected chi connectivity index (χ4v) is 3.45. The molecule has 116 valence electrons. The van der Waals surface area contributed by atoms with Gasteiger partial charge >= 0.3 is 0 Å². The molecule has 1 aliphatic rings. The van der Waals surface area contributed by atoms with Gasteiger partial charge in [0.1, 0.15) is 11.0 Å². The maximum Gasteiger partial charge on any atom is 0.294 e. The van der Waals surface area contributed by atoms with Gasteiger partial charge in [-0.1, -0.05) is 0 Å². The number of hydrogen-bond acceptors (Lipinski definition) is 6. The molecule has 0 heterocycles. The van der Waals surface area contributed by atoms with Crippen LogP contribution in [-0.4, -0.2) is 38.3 Å². The Kier molecular flexibility index (Phi) is 3.74. The zero-order valence-corrected chi connectivity index (χ0v) is 12.5. The van der Waals surface area contributed by atoms with E-state index in [1.165, 1.54) is 7.11 Å². The zero-order valence-electron chi connectivity index (χ0n) is 10.8. The third-order valence-electron chi connectivity index (χ3n) is 3.13. The molecule has 4 N–H and O–H groups in total. The monoisotopic (exact) mass is 335 g/mol. The normalized spacial score (nSPS) is 18.8. The van der Waals surface area contributed by atoms with E-state index >= 15 is 0 Å². The second kappa shape index (κ2) is 4.98. The van der Waals surface area contributed by atoms with Crippen molar-refractivity contribution in [2.45, 2.75) is 16.6 Å². The van der Waals surface area contributed by atoms with Gasteiger partial charge in [-0.15, -0.1) is 0 Å². The Balaban J connectivity index is 2.71. The molecule has 1 aromatic rings. The largest absolute Gasteiger partial charge is 0.496 e. The fourth-order valence-electron chi connectivity index (χ4n) is 2.19. The van der Waals surface area contributed by atoms with Crippen LogP contribution in [0.2, 0.25) is 0 Å². The highest BCUT2D eigenvalue weighted by Crippen LogP contribution is 2.35. The fraction of sp³-hybridized carbons (Fsp3) is 0.273. The predicted molar refractivity (Wildman–Crippen MR) is 74.0 cm³/mol. The molecule has 0 aliphatic heterocycles. The molecule has 0 saturated heterocycles. The standard InChI is InChI=1S/C11H13NO7S2/c1-19-10-5-8(21(16,17)18)3-6-2-7(20(13,14)15)4-9(12)11(6)10/h3-5,7H,2,12H2,1H3,(H,13,14,15)(H,16,17,18). The Morgan fingerprint density at radius 3 is 2.33 bits per heavy atom. The van der Waals surface area contributed by atoms with Crippen LogP contribution < -0.4 is 10.5 Å². The van der Waals surface area contributed by atoms with Crippen molar-refractivity contribution in [2.75, 3.05) is 7.11 Å². The van der Waals surface area contributed by atoms with Crippen molar-refractivity contribution in [1.82, 2.24) is 0 Å². The van der Waals surface area contributed by atoms with E-state index in [0.717, 1.165) is 18.2 Å². The summed E-state index contributed by atoms with van der Waals surface area (Å²) in [6.07, 6.45) is 0.974. The van der Waals surface area contributed by atoms with E-state index in [1.54, 1.807) is 0 Å². The van der Waals surface area contributed by atoms with Gasteiger partial charge in [0.25, 0.3) is 20.2 Å². The molecular formula is C11H13NO7S2. The molecule has 1 atom stereocenters. The molecule has 0 spiro atoms. The lowest BCUT2D eigenvalue weighted by Gasteiger charge is -2.23. The molecule has 1 aromatic carbocycles. The second-order valence-electron chi connectivity index (χ2n) is 4.51. The SMILES string of the molecule is COc1cc(S(=O)(=O)O)cc2c1C(N)=CC(S(=O)(=O)O)C2. The van der Waals surface area contributed by atoms with Gasteiger partial charge in [0.2, 0.25) is 0 Å². The van der Waals surface area contributed by atoms with Gasteiger partial charge in [-0.2, -0.15) is 16.8 Å². The van der Waals surface area contributed by atoms with E-state index in [9.17, 15) is 16.8 Å². The van der Waals surface area contributed by atoms with Gasteiger partial charge in [0.15, 0.2) is 0 Å². The highest BCUT2D eigenvalue weighted by molar-refractivity contribution is 7.86.